The third-order valence-electron chi connectivity index (χ3n) is 2.25. The van der Waals surface area contributed by atoms with Crippen molar-refractivity contribution in [1.29, 1.82) is 0 Å². The van der Waals surface area contributed by atoms with Crippen molar-refractivity contribution in [1.82, 2.24) is 0 Å². The van der Waals surface area contributed by atoms with E-state index in [0.29, 0.717) is 19.8 Å². The quantitative estimate of drug-likeness (QED) is 0.537. The van der Waals surface area contributed by atoms with Crippen LogP contribution in [0.3, 0.4) is 0 Å². The topological polar surface area (TPSA) is 58.9 Å². The maximum atomic E-state index is 8.56. The fourth-order valence-electron chi connectivity index (χ4n) is 1.34. The fourth-order valence-corrected chi connectivity index (χ4v) is 1.34. The zero-order chi connectivity index (χ0) is 13.2. The molecule has 1 aromatic rings. The Morgan fingerprint density at radius 1 is 1.28 bits per heavy atom. The number of benzene rings is 1. The Morgan fingerprint density at radius 2 is 2.00 bits per heavy atom. The SMILES string of the molecule is C[C@@H](COC/C=C/B(O)O)OCc1ccccc1. The minimum atomic E-state index is -1.42. The van der Waals surface area contributed by atoms with Crippen LogP contribution in [-0.4, -0.2) is 36.5 Å². The summed E-state index contributed by atoms with van der Waals surface area (Å²) in [7, 11) is -1.42. The van der Waals surface area contributed by atoms with Crippen molar-refractivity contribution < 1.29 is 19.5 Å². The van der Waals surface area contributed by atoms with Crippen molar-refractivity contribution in [2.45, 2.75) is 19.6 Å². The zero-order valence-electron chi connectivity index (χ0n) is 10.5. The van der Waals surface area contributed by atoms with E-state index in [2.05, 4.69) is 0 Å². The molecule has 0 radical (unpaired) electrons. The van der Waals surface area contributed by atoms with Gasteiger partial charge in [0.15, 0.2) is 0 Å². The lowest BCUT2D eigenvalue weighted by Gasteiger charge is -2.12. The van der Waals surface area contributed by atoms with Crippen LogP contribution in [0, 0.1) is 0 Å². The second-order valence-corrected chi connectivity index (χ2v) is 3.99. The largest absolute Gasteiger partial charge is 0.480 e. The minimum Gasteiger partial charge on any atom is -0.424 e. The van der Waals surface area contributed by atoms with Gasteiger partial charge in [-0.2, -0.15) is 0 Å². The Hall–Kier alpha value is -1.14. The first kappa shape index (κ1) is 14.9. The highest BCUT2D eigenvalue weighted by molar-refractivity contribution is 6.47. The van der Waals surface area contributed by atoms with Gasteiger partial charge in [-0.05, 0) is 12.5 Å². The smallest absolute Gasteiger partial charge is 0.424 e. The van der Waals surface area contributed by atoms with Crippen LogP contribution in [0.1, 0.15) is 12.5 Å². The van der Waals surface area contributed by atoms with E-state index in [-0.39, 0.29) is 6.10 Å². The van der Waals surface area contributed by atoms with Crippen molar-refractivity contribution in [3.05, 3.63) is 47.9 Å². The van der Waals surface area contributed by atoms with E-state index in [1.165, 1.54) is 5.98 Å². The van der Waals surface area contributed by atoms with Crippen LogP contribution in [0.5, 0.6) is 0 Å². The third kappa shape index (κ3) is 7.24. The average Bonchev–Trinajstić information content (AvgIpc) is 2.37. The van der Waals surface area contributed by atoms with Crippen molar-refractivity contribution >= 4 is 7.12 Å². The maximum absolute atomic E-state index is 8.56. The molecule has 4 nitrogen and oxygen atoms in total. The molecule has 0 saturated heterocycles. The van der Waals surface area contributed by atoms with Gasteiger partial charge in [0, 0.05) is 0 Å². The summed E-state index contributed by atoms with van der Waals surface area (Å²) in [6.07, 6.45) is 1.56. The van der Waals surface area contributed by atoms with Gasteiger partial charge in [0.2, 0.25) is 0 Å². The average molecular weight is 250 g/mol. The highest BCUT2D eigenvalue weighted by atomic mass is 16.5. The zero-order valence-corrected chi connectivity index (χ0v) is 10.5. The fraction of sp³-hybridized carbons (Fsp3) is 0.385. The maximum Gasteiger partial charge on any atom is 0.480 e. The molecule has 1 rings (SSSR count). The number of hydrogen-bond acceptors (Lipinski definition) is 4. The van der Waals surface area contributed by atoms with Crippen LogP contribution in [-0.2, 0) is 16.1 Å². The summed E-state index contributed by atoms with van der Waals surface area (Å²) in [6.45, 7) is 3.32. The standard InChI is InChI=1S/C13H19BO4/c1-12(10-17-9-5-8-14(15)16)18-11-13-6-3-2-4-7-13/h2-8,12,15-16H,9-11H2,1H3/b8-5+/t12-/m0/s1. The van der Waals surface area contributed by atoms with Crippen LogP contribution >= 0.6 is 0 Å². The Kier molecular flexibility index (Phi) is 7.37. The Labute approximate surface area is 108 Å². The van der Waals surface area contributed by atoms with Crippen LogP contribution in [0.25, 0.3) is 0 Å². The molecular formula is C13H19BO4. The summed E-state index contributed by atoms with van der Waals surface area (Å²) in [5.74, 6) is 1.26. The van der Waals surface area contributed by atoms with Gasteiger partial charge in [0.1, 0.15) is 0 Å². The second-order valence-electron chi connectivity index (χ2n) is 3.99. The molecule has 0 aliphatic rings. The molecule has 0 saturated carbocycles. The first-order valence-corrected chi connectivity index (χ1v) is 5.94. The molecule has 1 aromatic carbocycles. The molecule has 18 heavy (non-hydrogen) atoms. The monoisotopic (exact) mass is 250 g/mol. The van der Waals surface area contributed by atoms with Crippen LogP contribution in [0.15, 0.2) is 42.4 Å². The van der Waals surface area contributed by atoms with Crippen molar-refractivity contribution in [2.24, 2.45) is 0 Å². The molecule has 0 bridgehead atoms. The first-order chi connectivity index (χ1) is 8.68. The van der Waals surface area contributed by atoms with Gasteiger partial charge in [0.05, 0.1) is 25.9 Å². The predicted molar refractivity (Wildman–Crippen MR) is 70.8 cm³/mol. The Bertz CT molecular complexity index is 340. The lowest BCUT2D eigenvalue weighted by atomic mass is 9.92. The predicted octanol–water partition coefficient (Wildman–Crippen LogP) is 1.18. The summed E-state index contributed by atoms with van der Waals surface area (Å²) < 4.78 is 10.9. The molecular weight excluding hydrogens is 231 g/mol. The molecule has 1 atom stereocenters. The van der Waals surface area contributed by atoms with Gasteiger partial charge in [0.25, 0.3) is 0 Å². The summed E-state index contributed by atoms with van der Waals surface area (Å²) in [4.78, 5) is 0. The van der Waals surface area contributed by atoms with E-state index < -0.39 is 7.12 Å². The first-order valence-electron chi connectivity index (χ1n) is 5.94. The molecule has 0 heterocycles. The lowest BCUT2D eigenvalue weighted by Crippen LogP contribution is -2.16. The van der Waals surface area contributed by atoms with Crippen molar-refractivity contribution in [3.8, 4) is 0 Å². The Morgan fingerprint density at radius 3 is 2.67 bits per heavy atom. The van der Waals surface area contributed by atoms with Crippen LogP contribution in [0.4, 0.5) is 0 Å². The third-order valence-corrected chi connectivity index (χ3v) is 2.25. The highest BCUT2D eigenvalue weighted by Gasteiger charge is 2.02. The second kappa shape index (κ2) is 8.88. The van der Waals surface area contributed by atoms with E-state index in [1.54, 1.807) is 6.08 Å². The van der Waals surface area contributed by atoms with Gasteiger partial charge in [-0.15, -0.1) is 0 Å². The van der Waals surface area contributed by atoms with E-state index in [9.17, 15) is 0 Å². The molecule has 98 valence electrons. The van der Waals surface area contributed by atoms with Gasteiger partial charge in [-0.1, -0.05) is 42.4 Å². The minimum absolute atomic E-state index is 0.00217. The number of hydrogen-bond donors (Lipinski definition) is 2. The lowest BCUT2D eigenvalue weighted by molar-refractivity contribution is -0.00812. The highest BCUT2D eigenvalue weighted by Crippen LogP contribution is 2.03. The van der Waals surface area contributed by atoms with Crippen LogP contribution in [0.2, 0.25) is 0 Å². The summed E-state index contributed by atoms with van der Waals surface area (Å²) in [5.41, 5.74) is 1.13. The van der Waals surface area contributed by atoms with E-state index >= 15 is 0 Å². The van der Waals surface area contributed by atoms with Gasteiger partial charge >= 0.3 is 7.12 Å². The number of rotatable bonds is 8. The molecule has 0 amide bonds. The molecule has 0 spiro atoms. The molecule has 0 unspecified atom stereocenters. The molecule has 5 heteroatoms. The van der Waals surface area contributed by atoms with E-state index in [4.69, 9.17) is 19.5 Å². The van der Waals surface area contributed by atoms with Gasteiger partial charge in [-0.25, -0.2) is 0 Å². The summed E-state index contributed by atoms with van der Waals surface area (Å²) in [5, 5.41) is 17.1. The molecule has 0 aliphatic heterocycles. The number of ether oxygens (including phenoxy) is 2. The van der Waals surface area contributed by atoms with Crippen molar-refractivity contribution in [3.63, 3.8) is 0 Å². The van der Waals surface area contributed by atoms with E-state index in [1.807, 2.05) is 37.3 Å². The Balaban J connectivity index is 2.09. The summed E-state index contributed by atoms with van der Waals surface area (Å²) in [6, 6.07) is 9.95. The van der Waals surface area contributed by atoms with Gasteiger partial charge < -0.3 is 19.5 Å². The molecule has 2 N–H and O–H groups in total. The van der Waals surface area contributed by atoms with Gasteiger partial charge in [-0.3, -0.25) is 0 Å². The molecule has 0 aliphatic carbocycles. The van der Waals surface area contributed by atoms with Crippen molar-refractivity contribution in [2.75, 3.05) is 13.2 Å². The molecule has 0 fully saturated rings. The van der Waals surface area contributed by atoms with E-state index in [0.717, 1.165) is 5.56 Å². The van der Waals surface area contributed by atoms with Crippen LogP contribution < -0.4 is 0 Å². The molecule has 0 aromatic heterocycles. The summed E-state index contributed by atoms with van der Waals surface area (Å²) >= 11 is 0. The normalized spacial score (nSPS) is 12.8.